The molecule has 1 aliphatic carbocycles. The van der Waals surface area contributed by atoms with Gasteiger partial charge in [-0.1, -0.05) is 25.7 Å². The van der Waals surface area contributed by atoms with Gasteiger partial charge in [0.15, 0.2) is 0 Å². The fourth-order valence-electron chi connectivity index (χ4n) is 1.67. The highest BCUT2D eigenvalue weighted by Gasteiger charge is 2.14. The van der Waals surface area contributed by atoms with Gasteiger partial charge in [-0.25, -0.2) is 0 Å². The molecule has 0 unspecified atom stereocenters. The van der Waals surface area contributed by atoms with Gasteiger partial charge in [0.05, 0.1) is 0 Å². The lowest BCUT2D eigenvalue weighted by Gasteiger charge is -1.96. The van der Waals surface area contributed by atoms with Crippen LogP contribution in [0.5, 0.6) is 0 Å². The van der Waals surface area contributed by atoms with E-state index in [1.807, 2.05) is 0 Å². The van der Waals surface area contributed by atoms with Crippen LogP contribution in [0.4, 0.5) is 0 Å². The number of hydrogen-bond acceptors (Lipinski definition) is 1. The van der Waals surface area contributed by atoms with Crippen LogP contribution in [0.25, 0.3) is 0 Å². The zero-order valence-corrected chi connectivity index (χ0v) is 10.7. The van der Waals surface area contributed by atoms with E-state index in [1.54, 1.807) is 0 Å². The van der Waals surface area contributed by atoms with Crippen LogP contribution in [-0.2, 0) is 4.74 Å². The maximum atomic E-state index is 4.94. The van der Waals surface area contributed by atoms with E-state index in [1.165, 1.54) is 38.5 Å². The summed E-state index contributed by atoms with van der Waals surface area (Å²) in [5.74, 6) is 0. The molecule has 3 heteroatoms. The van der Waals surface area contributed by atoms with Crippen LogP contribution in [0, 0.1) is 0 Å². The summed E-state index contributed by atoms with van der Waals surface area (Å²) >= 11 is 3.82. The third-order valence-corrected chi connectivity index (χ3v) is 6.52. The van der Waals surface area contributed by atoms with Crippen LogP contribution >= 0.6 is 12.9 Å². The third-order valence-electron chi connectivity index (χ3n) is 2.52. The van der Waals surface area contributed by atoms with Crippen molar-refractivity contribution in [1.82, 2.24) is 0 Å². The van der Waals surface area contributed by atoms with Gasteiger partial charge in [-0.3, -0.25) is 0 Å². The van der Waals surface area contributed by atoms with E-state index in [-0.39, 0.29) is 18.2 Å². The summed E-state index contributed by atoms with van der Waals surface area (Å²) < 4.78 is 6.10. The van der Waals surface area contributed by atoms with Gasteiger partial charge in [0.25, 0.3) is 0 Å². The van der Waals surface area contributed by atoms with Crippen molar-refractivity contribution in [3.63, 3.8) is 0 Å². The van der Waals surface area contributed by atoms with Crippen molar-refractivity contribution in [1.29, 1.82) is 0 Å². The highest BCUT2D eigenvalue weighted by atomic mass is 79.9. The summed E-state index contributed by atoms with van der Waals surface area (Å²) in [7, 11) is 0. The second-order valence-corrected chi connectivity index (χ2v) is 7.03. The molecule has 0 aromatic heterocycles. The van der Waals surface area contributed by atoms with Gasteiger partial charge >= 0.3 is 18.2 Å². The first-order valence-electron chi connectivity index (χ1n) is 5.07. The Labute approximate surface area is 91.2 Å². The lowest BCUT2D eigenvalue weighted by molar-refractivity contribution is 0.198. The van der Waals surface area contributed by atoms with E-state index in [9.17, 15) is 0 Å². The van der Waals surface area contributed by atoms with E-state index < -0.39 is 0 Å². The summed E-state index contributed by atoms with van der Waals surface area (Å²) in [6.45, 7) is 2.00. The number of halogens is 1. The van der Waals surface area contributed by atoms with Crippen LogP contribution in [-0.4, -0.2) is 31.4 Å². The molecule has 1 heterocycles. The average Bonchev–Trinajstić information content (AvgIpc) is 2.81. The molecule has 0 amide bonds. The Morgan fingerprint density at radius 1 is 1.00 bits per heavy atom. The highest BCUT2D eigenvalue weighted by molar-refractivity contribution is 9.23. The standard InChI is InChI=1S/C5H9.C4H8O.BrH.Mg/c2*1-2-4-5-3-1;;/h1H,2-5H2;1-4H2;1H;/q;;;+1/p-1. The molecule has 0 aromatic carbocycles. The lowest BCUT2D eigenvalue weighted by atomic mass is 10.4. The largest absolute Gasteiger partial charge is 0.471 e. The maximum Gasteiger partial charge on any atom is 0.471 e. The molecule has 0 radical (unpaired) electrons. The second-order valence-electron chi connectivity index (χ2n) is 3.62. The summed E-state index contributed by atoms with van der Waals surface area (Å²) in [4.78, 5) is 0. The topological polar surface area (TPSA) is 9.23 Å². The zero-order valence-electron chi connectivity index (χ0n) is 7.73. The molecule has 0 N–H and O–H groups in total. The summed E-state index contributed by atoms with van der Waals surface area (Å²) in [6, 6.07) is 0. The van der Waals surface area contributed by atoms with Crippen molar-refractivity contribution in [3.05, 3.63) is 0 Å². The Kier molecular flexibility index (Phi) is 7.14. The highest BCUT2D eigenvalue weighted by Crippen LogP contribution is 2.29. The van der Waals surface area contributed by atoms with Gasteiger partial charge in [-0.2, -0.15) is 0 Å². The minimum absolute atomic E-state index is 0.203. The average molecular weight is 245 g/mol. The van der Waals surface area contributed by atoms with Crippen molar-refractivity contribution >= 4 is 31.1 Å². The second kappa shape index (κ2) is 7.60. The predicted molar refractivity (Wildman–Crippen MR) is 57.0 cm³/mol. The Hall–Kier alpha value is 1.21. The molecule has 1 nitrogen and oxygen atoms in total. The van der Waals surface area contributed by atoms with E-state index in [2.05, 4.69) is 12.9 Å². The van der Waals surface area contributed by atoms with Gasteiger partial charge in [0, 0.05) is 13.2 Å². The molecule has 2 fully saturated rings. The van der Waals surface area contributed by atoms with Crippen LogP contribution in [0.1, 0.15) is 38.5 Å². The Balaban J connectivity index is 0.000000127. The van der Waals surface area contributed by atoms with E-state index in [0.29, 0.717) is 0 Å². The zero-order chi connectivity index (χ0) is 8.65. The minimum Gasteiger partial charge on any atom is -0.381 e. The fourth-order valence-corrected chi connectivity index (χ4v) is 4.50. The molecule has 0 atom stereocenters. The van der Waals surface area contributed by atoms with Crippen molar-refractivity contribution in [2.24, 2.45) is 0 Å². The SMILES string of the molecule is C1CCOC1.[Br][Mg][CH]1CCCC1. The monoisotopic (exact) mass is 244 g/mol. The quantitative estimate of drug-likeness (QED) is 0.645. The van der Waals surface area contributed by atoms with Crippen molar-refractivity contribution < 1.29 is 4.74 Å². The first-order valence-corrected chi connectivity index (χ1v) is 9.78. The van der Waals surface area contributed by atoms with Gasteiger partial charge < -0.3 is 17.6 Å². The third kappa shape index (κ3) is 5.05. The molecule has 12 heavy (non-hydrogen) atoms. The maximum absolute atomic E-state index is 4.94. The van der Waals surface area contributed by atoms with Crippen LogP contribution in [0.15, 0.2) is 0 Å². The van der Waals surface area contributed by atoms with Crippen molar-refractivity contribution in [2.45, 2.75) is 42.6 Å². The van der Waals surface area contributed by atoms with E-state index >= 15 is 0 Å². The van der Waals surface area contributed by atoms with Crippen LogP contribution < -0.4 is 0 Å². The summed E-state index contributed by atoms with van der Waals surface area (Å²) in [5.41, 5.74) is 0. The molecule has 0 bridgehead atoms. The first kappa shape index (κ1) is 11.3. The lowest BCUT2D eigenvalue weighted by Crippen LogP contribution is -1.87. The van der Waals surface area contributed by atoms with Crippen LogP contribution in [0.3, 0.4) is 0 Å². The normalized spacial score (nSPS) is 23.1. The molecule has 0 spiro atoms. The van der Waals surface area contributed by atoms with Gasteiger partial charge in [0.2, 0.25) is 0 Å². The predicted octanol–water partition coefficient (Wildman–Crippen LogP) is 3.16. The Morgan fingerprint density at radius 2 is 1.58 bits per heavy atom. The fraction of sp³-hybridized carbons (Fsp3) is 1.00. The summed E-state index contributed by atoms with van der Waals surface area (Å²) in [5, 5.41) is 0. The van der Waals surface area contributed by atoms with Gasteiger partial charge in [0.1, 0.15) is 0 Å². The molecular formula is C9H17BrMgO. The van der Waals surface area contributed by atoms with Gasteiger partial charge in [-0.05, 0) is 12.8 Å². The molecule has 1 aliphatic heterocycles. The van der Waals surface area contributed by atoms with Crippen molar-refractivity contribution in [2.75, 3.05) is 13.2 Å². The van der Waals surface area contributed by atoms with Gasteiger partial charge in [-0.15, -0.1) is 4.05 Å². The number of rotatable bonds is 1. The minimum atomic E-state index is 0.203. The first-order chi connectivity index (χ1) is 5.93. The summed E-state index contributed by atoms with van der Waals surface area (Å²) in [6.07, 6.45) is 8.61. The Morgan fingerprint density at radius 3 is 1.83 bits per heavy atom. The molecule has 2 rings (SSSR count). The van der Waals surface area contributed by atoms with E-state index in [4.69, 9.17) is 4.74 Å². The smallest absolute Gasteiger partial charge is 0.381 e. The Bertz CT molecular complexity index is 93.1. The van der Waals surface area contributed by atoms with E-state index in [0.717, 1.165) is 17.3 Å². The number of hydrogen-bond donors (Lipinski definition) is 0. The molecular weight excluding hydrogens is 228 g/mol. The molecule has 0 aromatic rings. The molecule has 1 saturated carbocycles. The number of ether oxygens (including phenoxy) is 1. The molecule has 1 saturated heterocycles. The van der Waals surface area contributed by atoms with Crippen molar-refractivity contribution in [3.8, 4) is 0 Å². The molecule has 68 valence electrons. The molecule has 2 aliphatic rings. The van der Waals surface area contributed by atoms with Crippen LogP contribution in [0.2, 0.25) is 4.05 Å².